The van der Waals surface area contributed by atoms with E-state index in [1.807, 2.05) is 19.1 Å². The van der Waals surface area contributed by atoms with Crippen molar-refractivity contribution in [1.29, 1.82) is 0 Å². The minimum Gasteiger partial charge on any atom is -0.488 e. The quantitative estimate of drug-likeness (QED) is 0.906. The van der Waals surface area contributed by atoms with Crippen molar-refractivity contribution in [2.45, 2.75) is 26.6 Å². The Bertz CT molecular complexity index is 564. The smallest absolute Gasteiger partial charge is 0.129 e. The highest BCUT2D eigenvalue weighted by Crippen LogP contribution is 2.27. The van der Waals surface area contributed by atoms with Gasteiger partial charge >= 0.3 is 0 Å². The molecule has 19 heavy (non-hydrogen) atoms. The number of hydrogen-bond acceptors (Lipinski definition) is 2. The van der Waals surface area contributed by atoms with E-state index in [0.717, 1.165) is 11.1 Å². The number of aryl methyl sites for hydroxylation is 1. The van der Waals surface area contributed by atoms with Gasteiger partial charge in [0, 0.05) is 11.1 Å². The van der Waals surface area contributed by atoms with Gasteiger partial charge in [0.25, 0.3) is 0 Å². The van der Waals surface area contributed by atoms with E-state index in [2.05, 4.69) is 0 Å². The summed E-state index contributed by atoms with van der Waals surface area (Å²) in [5.41, 5.74) is 2.27. The summed E-state index contributed by atoms with van der Waals surface area (Å²) in [6.45, 7) is 3.78. The van der Waals surface area contributed by atoms with Gasteiger partial charge in [0.15, 0.2) is 0 Å². The van der Waals surface area contributed by atoms with Crippen LogP contribution in [0.1, 0.15) is 29.7 Å². The molecule has 0 radical (unpaired) electrons. The van der Waals surface area contributed by atoms with E-state index < -0.39 is 6.10 Å². The largest absolute Gasteiger partial charge is 0.488 e. The average molecular weight is 260 g/mol. The van der Waals surface area contributed by atoms with Crippen LogP contribution in [-0.4, -0.2) is 5.11 Å². The van der Waals surface area contributed by atoms with Crippen LogP contribution in [0.25, 0.3) is 0 Å². The normalized spacial score (nSPS) is 12.2. The second kappa shape index (κ2) is 5.85. The summed E-state index contributed by atoms with van der Waals surface area (Å²) in [5.74, 6) is 0.303. The fourth-order valence-corrected chi connectivity index (χ4v) is 1.90. The Kier molecular flexibility index (Phi) is 4.17. The van der Waals surface area contributed by atoms with Gasteiger partial charge < -0.3 is 9.84 Å². The number of ether oxygens (including phenoxy) is 1. The van der Waals surface area contributed by atoms with Crippen molar-refractivity contribution < 1.29 is 14.2 Å². The Hall–Kier alpha value is -1.87. The van der Waals surface area contributed by atoms with Gasteiger partial charge in [-0.25, -0.2) is 4.39 Å². The van der Waals surface area contributed by atoms with Crippen molar-refractivity contribution in [1.82, 2.24) is 0 Å². The molecule has 0 saturated carbocycles. The molecule has 1 atom stereocenters. The molecule has 1 unspecified atom stereocenters. The Morgan fingerprint density at radius 2 is 1.95 bits per heavy atom. The fourth-order valence-electron chi connectivity index (χ4n) is 1.90. The number of rotatable bonds is 4. The van der Waals surface area contributed by atoms with Gasteiger partial charge in [-0.2, -0.15) is 0 Å². The summed E-state index contributed by atoms with van der Waals surface area (Å²) >= 11 is 0. The van der Waals surface area contributed by atoms with Crippen molar-refractivity contribution in [2.75, 3.05) is 0 Å². The molecule has 0 fully saturated rings. The lowest BCUT2D eigenvalue weighted by molar-refractivity contribution is 0.189. The van der Waals surface area contributed by atoms with Crippen molar-refractivity contribution in [3.8, 4) is 5.75 Å². The first kappa shape index (κ1) is 13.6. The maximum Gasteiger partial charge on any atom is 0.129 e. The maximum absolute atomic E-state index is 13.5. The van der Waals surface area contributed by atoms with Gasteiger partial charge in [-0.05, 0) is 32.0 Å². The first-order valence-corrected chi connectivity index (χ1v) is 6.22. The van der Waals surface area contributed by atoms with Crippen molar-refractivity contribution in [3.05, 3.63) is 65.0 Å². The van der Waals surface area contributed by atoms with Gasteiger partial charge in [0.1, 0.15) is 18.2 Å². The van der Waals surface area contributed by atoms with Crippen molar-refractivity contribution in [2.24, 2.45) is 0 Å². The predicted molar refractivity (Wildman–Crippen MR) is 72.5 cm³/mol. The van der Waals surface area contributed by atoms with Crippen LogP contribution in [-0.2, 0) is 6.61 Å². The molecule has 0 heterocycles. The Labute approximate surface area is 112 Å². The molecular formula is C16H17FO2. The van der Waals surface area contributed by atoms with Crippen LogP contribution < -0.4 is 4.74 Å². The lowest BCUT2D eigenvalue weighted by Gasteiger charge is -2.14. The summed E-state index contributed by atoms with van der Waals surface area (Å²) in [6.07, 6.45) is -0.615. The average Bonchev–Trinajstić information content (AvgIpc) is 2.38. The highest BCUT2D eigenvalue weighted by molar-refractivity contribution is 5.38. The molecule has 0 spiro atoms. The van der Waals surface area contributed by atoms with Crippen LogP contribution in [0.2, 0.25) is 0 Å². The molecule has 2 aromatic rings. The monoisotopic (exact) mass is 260 g/mol. The van der Waals surface area contributed by atoms with Crippen LogP contribution in [0.5, 0.6) is 5.75 Å². The summed E-state index contributed by atoms with van der Waals surface area (Å²) in [7, 11) is 0. The van der Waals surface area contributed by atoms with E-state index in [1.165, 1.54) is 6.07 Å². The first-order valence-electron chi connectivity index (χ1n) is 6.22. The second-order valence-electron chi connectivity index (χ2n) is 4.60. The number of benzene rings is 2. The third kappa shape index (κ3) is 3.32. The Balaban J connectivity index is 2.18. The summed E-state index contributed by atoms with van der Waals surface area (Å²) in [6, 6.07) is 12.1. The van der Waals surface area contributed by atoms with E-state index in [0.29, 0.717) is 11.3 Å². The molecule has 1 N–H and O–H groups in total. The van der Waals surface area contributed by atoms with Crippen LogP contribution in [0.15, 0.2) is 42.5 Å². The second-order valence-corrected chi connectivity index (χ2v) is 4.60. The summed E-state index contributed by atoms with van der Waals surface area (Å²) in [4.78, 5) is 0. The Morgan fingerprint density at radius 3 is 2.63 bits per heavy atom. The molecule has 0 bridgehead atoms. The summed E-state index contributed by atoms with van der Waals surface area (Å²) in [5, 5.41) is 9.73. The highest BCUT2D eigenvalue weighted by Gasteiger charge is 2.10. The molecule has 0 aliphatic rings. The van der Waals surface area contributed by atoms with Gasteiger partial charge in [0.2, 0.25) is 0 Å². The Morgan fingerprint density at radius 1 is 1.21 bits per heavy atom. The SMILES string of the molecule is Cc1ccc(OCc2ccccc2F)c(C(C)O)c1. The number of halogens is 1. The van der Waals surface area contributed by atoms with Crippen LogP contribution in [0.4, 0.5) is 4.39 Å². The summed E-state index contributed by atoms with van der Waals surface area (Å²) < 4.78 is 19.1. The molecular weight excluding hydrogens is 243 g/mol. The van der Waals surface area contributed by atoms with Crippen LogP contribution in [0, 0.1) is 12.7 Å². The third-order valence-electron chi connectivity index (χ3n) is 2.96. The standard InChI is InChI=1S/C16H17FO2/c1-11-7-8-16(14(9-11)12(2)18)19-10-13-5-3-4-6-15(13)17/h3-9,12,18H,10H2,1-2H3. The molecule has 0 aliphatic heterocycles. The number of aliphatic hydroxyl groups excluding tert-OH is 1. The van der Waals surface area contributed by atoms with E-state index in [9.17, 15) is 9.50 Å². The molecule has 2 nitrogen and oxygen atoms in total. The zero-order valence-corrected chi connectivity index (χ0v) is 11.1. The molecule has 100 valence electrons. The van der Waals surface area contributed by atoms with E-state index in [-0.39, 0.29) is 12.4 Å². The number of aliphatic hydroxyl groups is 1. The minimum atomic E-state index is -0.615. The predicted octanol–water partition coefficient (Wildman–Crippen LogP) is 3.77. The molecule has 0 amide bonds. The van der Waals surface area contributed by atoms with E-state index in [1.54, 1.807) is 31.2 Å². The topological polar surface area (TPSA) is 29.5 Å². The fraction of sp³-hybridized carbons (Fsp3) is 0.250. The zero-order chi connectivity index (χ0) is 13.8. The first-order chi connectivity index (χ1) is 9.08. The maximum atomic E-state index is 13.5. The third-order valence-corrected chi connectivity index (χ3v) is 2.96. The number of hydrogen-bond donors (Lipinski definition) is 1. The van der Waals surface area contributed by atoms with E-state index in [4.69, 9.17) is 4.74 Å². The lowest BCUT2D eigenvalue weighted by Crippen LogP contribution is -2.02. The van der Waals surface area contributed by atoms with Crippen LogP contribution >= 0.6 is 0 Å². The van der Waals surface area contributed by atoms with E-state index >= 15 is 0 Å². The lowest BCUT2D eigenvalue weighted by atomic mass is 10.1. The molecule has 0 aromatic heterocycles. The van der Waals surface area contributed by atoms with Crippen LogP contribution in [0.3, 0.4) is 0 Å². The molecule has 0 aliphatic carbocycles. The zero-order valence-electron chi connectivity index (χ0n) is 11.1. The minimum absolute atomic E-state index is 0.148. The van der Waals surface area contributed by atoms with Gasteiger partial charge in [-0.3, -0.25) is 0 Å². The molecule has 0 saturated heterocycles. The van der Waals surface area contributed by atoms with Crippen molar-refractivity contribution in [3.63, 3.8) is 0 Å². The molecule has 2 aromatic carbocycles. The van der Waals surface area contributed by atoms with Gasteiger partial charge in [0.05, 0.1) is 6.10 Å². The highest BCUT2D eigenvalue weighted by atomic mass is 19.1. The van der Waals surface area contributed by atoms with Gasteiger partial charge in [-0.15, -0.1) is 0 Å². The molecule has 2 rings (SSSR count). The van der Waals surface area contributed by atoms with Gasteiger partial charge in [-0.1, -0.05) is 29.8 Å². The molecule has 3 heteroatoms. The van der Waals surface area contributed by atoms with Crippen molar-refractivity contribution >= 4 is 0 Å².